The highest BCUT2D eigenvalue weighted by Crippen LogP contribution is 2.20. The van der Waals surface area contributed by atoms with Gasteiger partial charge < -0.3 is 10.8 Å². The summed E-state index contributed by atoms with van der Waals surface area (Å²) >= 11 is 0. The van der Waals surface area contributed by atoms with Gasteiger partial charge >= 0.3 is 0 Å². The molecule has 1 aromatic rings. The zero-order valence-corrected chi connectivity index (χ0v) is 11.2. The van der Waals surface area contributed by atoms with Crippen LogP contribution >= 0.6 is 0 Å². The molecule has 18 heavy (non-hydrogen) atoms. The van der Waals surface area contributed by atoms with Crippen LogP contribution in [0.5, 0.6) is 0 Å². The molecule has 2 atom stereocenters. The van der Waals surface area contributed by atoms with Gasteiger partial charge in [0.15, 0.2) is 0 Å². The first-order valence-electron chi connectivity index (χ1n) is 6.81. The maximum atomic E-state index is 9.03. The summed E-state index contributed by atoms with van der Waals surface area (Å²) in [5, 5.41) is 9.03. The van der Waals surface area contributed by atoms with Crippen LogP contribution in [0, 0.1) is 12.8 Å². The van der Waals surface area contributed by atoms with Crippen LogP contribution in [0.2, 0.25) is 0 Å². The van der Waals surface area contributed by atoms with Crippen molar-refractivity contribution in [3.63, 3.8) is 0 Å². The molecular formula is C15H24N2O. The van der Waals surface area contributed by atoms with Crippen LogP contribution in [0.4, 0.5) is 0 Å². The molecule has 1 saturated heterocycles. The van der Waals surface area contributed by atoms with Crippen molar-refractivity contribution in [3.8, 4) is 0 Å². The lowest BCUT2D eigenvalue weighted by atomic mass is 9.89. The highest BCUT2D eigenvalue weighted by molar-refractivity contribution is 5.21. The fourth-order valence-electron chi connectivity index (χ4n) is 2.88. The summed E-state index contributed by atoms with van der Waals surface area (Å²) in [6.45, 7) is 5.07. The Morgan fingerprint density at radius 1 is 1.28 bits per heavy atom. The summed E-state index contributed by atoms with van der Waals surface area (Å²) in [6, 6.07) is 9.02. The molecule has 0 aliphatic carbocycles. The summed E-state index contributed by atoms with van der Waals surface area (Å²) in [5.41, 5.74) is 8.80. The number of aliphatic hydroxyl groups excluding tert-OH is 1. The van der Waals surface area contributed by atoms with Crippen LogP contribution in [-0.4, -0.2) is 42.3 Å². The highest BCUT2D eigenvalue weighted by Gasteiger charge is 2.24. The molecule has 1 heterocycles. The lowest BCUT2D eigenvalue weighted by molar-refractivity contribution is 0.127. The van der Waals surface area contributed by atoms with Gasteiger partial charge in [-0.3, -0.25) is 4.90 Å². The lowest BCUT2D eigenvalue weighted by Crippen LogP contribution is -2.48. The molecule has 1 fully saturated rings. The van der Waals surface area contributed by atoms with Gasteiger partial charge in [0, 0.05) is 25.7 Å². The number of benzene rings is 1. The second-order valence-corrected chi connectivity index (χ2v) is 5.53. The predicted molar refractivity (Wildman–Crippen MR) is 74.5 cm³/mol. The van der Waals surface area contributed by atoms with E-state index in [1.165, 1.54) is 11.1 Å². The SMILES string of the molecule is Cc1ccc(CC2CC(N)CN(CCO)C2)cc1. The second-order valence-electron chi connectivity index (χ2n) is 5.53. The standard InChI is InChI=1S/C15H24N2O/c1-12-2-4-13(5-3-12)8-14-9-15(16)11-17(10-14)6-7-18/h2-5,14-15,18H,6-11,16H2,1H3. The number of aliphatic hydroxyl groups is 1. The van der Waals surface area contributed by atoms with Crippen molar-refractivity contribution >= 4 is 0 Å². The van der Waals surface area contributed by atoms with Crippen LogP contribution in [0.1, 0.15) is 17.5 Å². The number of β-amino-alcohol motifs (C(OH)–C–C–N with tert-alkyl or cyclic N) is 1. The van der Waals surface area contributed by atoms with Gasteiger partial charge in [-0.05, 0) is 31.2 Å². The normalized spacial score (nSPS) is 25.3. The Balaban J connectivity index is 1.93. The van der Waals surface area contributed by atoms with Gasteiger partial charge in [-0.2, -0.15) is 0 Å². The Hall–Kier alpha value is -0.900. The minimum atomic E-state index is 0.226. The quantitative estimate of drug-likeness (QED) is 0.841. The minimum absolute atomic E-state index is 0.226. The average molecular weight is 248 g/mol. The number of hydrogen-bond donors (Lipinski definition) is 2. The fraction of sp³-hybridized carbons (Fsp3) is 0.600. The Bertz CT molecular complexity index is 363. The predicted octanol–water partition coefficient (Wildman–Crippen LogP) is 1.18. The number of nitrogens with zero attached hydrogens (tertiary/aromatic N) is 1. The maximum Gasteiger partial charge on any atom is 0.0558 e. The van der Waals surface area contributed by atoms with E-state index in [-0.39, 0.29) is 12.6 Å². The molecule has 2 rings (SSSR count). The molecule has 0 radical (unpaired) electrons. The van der Waals surface area contributed by atoms with Crippen molar-refractivity contribution in [1.82, 2.24) is 4.90 Å². The number of nitrogens with two attached hydrogens (primary N) is 1. The van der Waals surface area contributed by atoms with Crippen molar-refractivity contribution in [1.29, 1.82) is 0 Å². The molecular weight excluding hydrogens is 224 g/mol. The Kier molecular flexibility index (Phi) is 4.75. The van der Waals surface area contributed by atoms with E-state index in [2.05, 4.69) is 36.1 Å². The molecule has 3 nitrogen and oxygen atoms in total. The van der Waals surface area contributed by atoms with E-state index in [1.807, 2.05) is 0 Å². The van der Waals surface area contributed by atoms with E-state index in [0.29, 0.717) is 5.92 Å². The first-order chi connectivity index (χ1) is 8.67. The Morgan fingerprint density at radius 2 is 2.00 bits per heavy atom. The molecule has 100 valence electrons. The number of hydrogen-bond acceptors (Lipinski definition) is 3. The van der Waals surface area contributed by atoms with E-state index in [1.54, 1.807) is 0 Å². The van der Waals surface area contributed by atoms with Gasteiger partial charge in [-0.15, -0.1) is 0 Å². The molecule has 2 unspecified atom stereocenters. The minimum Gasteiger partial charge on any atom is -0.395 e. The van der Waals surface area contributed by atoms with Crippen molar-refractivity contribution in [2.75, 3.05) is 26.2 Å². The topological polar surface area (TPSA) is 49.5 Å². The summed E-state index contributed by atoms with van der Waals surface area (Å²) in [5.74, 6) is 0.614. The van der Waals surface area contributed by atoms with Crippen molar-refractivity contribution < 1.29 is 5.11 Å². The number of rotatable bonds is 4. The lowest BCUT2D eigenvalue weighted by Gasteiger charge is -2.36. The second kappa shape index (κ2) is 6.32. The van der Waals surface area contributed by atoms with Crippen LogP contribution in [0.25, 0.3) is 0 Å². The third-order valence-corrected chi connectivity index (χ3v) is 3.71. The summed E-state index contributed by atoms with van der Waals surface area (Å²) in [7, 11) is 0. The van der Waals surface area contributed by atoms with Crippen molar-refractivity contribution in [3.05, 3.63) is 35.4 Å². The number of piperidine rings is 1. The van der Waals surface area contributed by atoms with Crippen LogP contribution < -0.4 is 5.73 Å². The third kappa shape index (κ3) is 3.80. The van der Waals surface area contributed by atoms with Crippen molar-refractivity contribution in [2.24, 2.45) is 11.7 Å². The third-order valence-electron chi connectivity index (χ3n) is 3.71. The van der Waals surface area contributed by atoms with Crippen LogP contribution in [0.15, 0.2) is 24.3 Å². The van der Waals surface area contributed by atoms with Crippen molar-refractivity contribution in [2.45, 2.75) is 25.8 Å². The van der Waals surface area contributed by atoms with Crippen LogP contribution in [-0.2, 0) is 6.42 Å². The summed E-state index contributed by atoms with van der Waals surface area (Å²) in [4.78, 5) is 2.28. The Morgan fingerprint density at radius 3 is 2.67 bits per heavy atom. The molecule has 1 aliphatic rings. The number of aryl methyl sites for hydroxylation is 1. The molecule has 3 heteroatoms. The highest BCUT2D eigenvalue weighted by atomic mass is 16.3. The summed E-state index contributed by atoms with van der Waals surface area (Å²) in [6.07, 6.45) is 2.19. The van der Waals surface area contributed by atoms with Gasteiger partial charge in [0.2, 0.25) is 0 Å². The van der Waals surface area contributed by atoms with Gasteiger partial charge in [0.25, 0.3) is 0 Å². The smallest absolute Gasteiger partial charge is 0.0558 e. The van der Waals surface area contributed by atoms with Gasteiger partial charge in [-0.25, -0.2) is 0 Å². The van der Waals surface area contributed by atoms with E-state index in [9.17, 15) is 0 Å². The average Bonchev–Trinajstić information content (AvgIpc) is 2.32. The Labute approximate surface area is 110 Å². The van der Waals surface area contributed by atoms with E-state index >= 15 is 0 Å². The summed E-state index contributed by atoms with van der Waals surface area (Å²) < 4.78 is 0. The monoisotopic (exact) mass is 248 g/mol. The van der Waals surface area contributed by atoms with E-state index in [4.69, 9.17) is 10.8 Å². The fourth-order valence-corrected chi connectivity index (χ4v) is 2.88. The zero-order valence-electron chi connectivity index (χ0n) is 11.2. The van der Waals surface area contributed by atoms with E-state index in [0.717, 1.165) is 32.5 Å². The molecule has 1 aliphatic heterocycles. The first kappa shape index (κ1) is 13.5. The van der Waals surface area contributed by atoms with Gasteiger partial charge in [-0.1, -0.05) is 29.8 Å². The first-order valence-corrected chi connectivity index (χ1v) is 6.81. The zero-order chi connectivity index (χ0) is 13.0. The molecule has 1 aromatic carbocycles. The van der Waals surface area contributed by atoms with Gasteiger partial charge in [0.05, 0.1) is 6.61 Å². The largest absolute Gasteiger partial charge is 0.395 e. The molecule has 0 spiro atoms. The number of likely N-dealkylation sites (tertiary alicyclic amines) is 1. The molecule has 0 aromatic heterocycles. The van der Waals surface area contributed by atoms with Crippen LogP contribution in [0.3, 0.4) is 0 Å². The molecule has 3 N–H and O–H groups in total. The molecule has 0 bridgehead atoms. The molecule has 0 amide bonds. The van der Waals surface area contributed by atoms with Gasteiger partial charge in [0.1, 0.15) is 0 Å². The van der Waals surface area contributed by atoms with E-state index < -0.39 is 0 Å². The molecule has 0 saturated carbocycles. The maximum absolute atomic E-state index is 9.03.